The Balaban J connectivity index is 1.14. The van der Waals surface area contributed by atoms with Crippen LogP contribution in [0.4, 0.5) is 22.7 Å². The Labute approximate surface area is 383 Å². The van der Waals surface area contributed by atoms with Gasteiger partial charge < -0.3 is 45.7 Å². The first-order valence-electron chi connectivity index (χ1n) is 23.2. The van der Waals surface area contributed by atoms with E-state index in [4.69, 9.17) is 14.2 Å². The molecule has 2 heterocycles. The van der Waals surface area contributed by atoms with Crippen LogP contribution in [0.25, 0.3) is 21.5 Å². The molecule has 0 radical (unpaired) electrons. The molecule has 1 aliphatic carbocycles. The number of aliphatic hydroxyl groups is 2. The first-order chi connectivity index (χ1) is 31.7. The van der Waals surface area contributed by atoms with Gasteiger partial charge >= 0.3 is 5.97 Å². The summed E-state index contributed by atoms with van der Waals surface area (Å²) >= 11 is 0. The molecule has 11 nitrogen and oxygen atoms in total. The minimum atomic E-state index is -1.19. The van der Waals surface area contributed by atoms with Crippen LogP contribution in [-0.2, 0) is 23.8 Å². The SMILES string of the molecule is CC#CC#CC(=O)CC1(COC(=O)CCCCC)Nc2cccc3c(C4C(O)C(c5ccc6c7c(cccc57)NC(C#COCCCCC)(C#COCCCCC)N6)C4O)ccc(c23)N1. The number of ether oxygens (including phenoxy) is 3. The van der Waals surface area contributed by atoms with Gasteiger partial charge in [-0.05, 0) is 90.1 Å². The third-order valence-electron chi connectivity index (χ3n) is 12.4. The summed E-state index contributed by atoms with van der Waals surface area (Å²) in [5.74, 6) is 15.0. The Bertz CT molecular complexity index is 2580. The van der Waals surface area contributed by atoms with Crippen molar-refractivity contribution in [3.63, 3.8) is 0 Å². The van der Waals surface area contributed by atoms with E-state index in [-0.39, 0.29) is 31.2 Å². The molecule has 2 aliphatic heterocycles. The predicted molar refractivity (Wildman–Crippen MR) is 258 cm³/mol. The average Bonchev–Trinajstić information content (AvgIpc) is 3.30. The van der Waals surface area contributed by atoms with Crippen LogP contribution in [0, 0.1) is 47.7 Å². The minimum absolute atomic E-state index is 0.102. The van der Waals surface area contributed by atoms with Crippen molar-refractivity contribution >= 4 is 56.0 Å². The van der Waals surface area contributed by atoms with Crippen molar-refractivity contribution in [3.8, 4) is 47.7 Å². The van der Waals surface area contributed by atoms with Crippen molar-refractivity contribution in [1.82, 2.24) is 0 Å². The fraction of sp³-hybridized carbons (Fsp3) is 0.444. The lowest BCUT2D eigenvalue weighted by Gasteiger charge is -2.48. The molecule has 0 aromatic heterocycles. The highest BCUT2D eigenvalue weighted by molar-refractivity contribution is 6.09. The van der Waals surface area contributed by atoms with E-state index in [1.807, 2.05) is 60.7 Å². The van der Waals surface area contributed by atoms with Gasteiger partial charge in [0.15, 0.2) is 5.66 Å². The molecule has 0 saturated heterocycles. The number of hydrogen-bond acceptors (Lipinski definition) is 11. The van der Waals surface area contributed by atoms with Gasteiger partial charge in [-0.3, -0.25) is 9.59 Å². The van der Waals surface area contributed by atoms with E-state index < -0.39 is 35.4 Å². The maximum absolute atomic E-state index is 13.2. The lowest BCUT2D eigenvalue weighted by Crippen LogP contribution is -2.54. The van der Waals surface area contributed by atoms with Crippen LogP contribution in [0.15, 0.2) is 60.7 Å². The van der Waals surface area contributed by atoms with Gasteiger partial charge in [-0.15, -0.1) is 0 Å². The van der Waals surface area contributed by atoms with E-state index in [0.29, 0.717) is 24.6 Å². The summed E-state index contributed by atoms with van der Waals surface area (Å²) in [5, 5.41) is 41.7. The summed E-state index contributed by atoms with van der Waals surface area (Å²) in [6.07, 6.45) is 12.9. The highest BCUT2D eigenvalue weighted by Gasteiger charge is 2.52. The van der Waals surface area contributed by atoms with Crippen molar-refractivity contribution in [2.75, 3.05) is 41.1 Å². The molecule has 3 atom stereocenters. The molecule has 4 aromatic rings. The molecule has 1 fully saturated rings. The summed E-state index contributed by atoms with van der Waals surface area (Å²) in [7, 11) is 0. The molecule has 3 aliphatic rings. The second-order valence-corrected chi connectivity index (χ2v) is 17.1. The Kier molecular flexibility index (Phi) is 15.3. The highest BCUT2D eigenvalue weighted by atomic mass is 16.5. The lowest BCUT2D eigenvalue weighted by atomic mass is 9.62. The Morgan fingerprint density at radius 2 is 1.15 bits per heavy atom. The number of carbonyl (C=O) groups excluding carboxylic acids is 2. The third-order valence-corrected chi connectivity index (χ3v) is 12.4. The fourth-order valence-corrected chi connectivity index (χ4v) is 9.10. The molecule has 3 unspecified atom stereocenters. The van der Waals surface area contributed by atoms with Gasteiger partial charge in [0.25, 0.3) is 0 Å². The van der Waals surface area contributed by atoms with Gasteiger partial charge in [-0.1, -0.05) is 102 Å². The molecule has 0 bridgehead atoms. The maximum atomic E-state index is 13.2. The van der Waals surface area contributed by atoms with Gasteiger partial charge in [0.05, 0.1) is 18.6 Å². The van der Waals surface area contributed by atoms with Crippen molar-refractivity contribution < 1.29 is 34.0 Å². The smallest absolute Gasteiger partial charge is 0.305 e. The number of ketones is 1. The van der Waals surface area contributed by atoms with E-state index in [0.717, 1.165) is 102 Å². The topological polar surface area (TPSA) is 150 Å². The molecule has 11 heteroatoms. The van der Waals surface area contributed by atoms with Gasteiger partial charge in [0.1, 0.15) is 32.0 Å². The summed E-state index contributed by atoms with van der Waals surface area (Å²) in [4.78, 5) is 26.0. The summed E-state index contributed by atoms with van der Waals surface area (Å²) in [6.45, 7) is 8.95. The van der Waals surface area contributed by atoms with E-state index >= 15 is 0 Å². The Hall–Kier alpha value is -6.50. The quantitative estimate of drug-likeness (QED) is 0.0246. The second kappa shape index (κ2) is 21.5. The molecule has 4 aromatic carbocycles. The van der Waals surface area contributed by atoms with Crippen LogP contribution < -0.4 is 21.3 Å². The number of hydrogen-bond donors (Lipinski definition) is 6. The average molecular weight is 877 g/mol. The number of anilines is 4. The van der Waals surface area contributed by atoms with Crippen LogP contribution in [0.3, 0.4) is 0 Å². The molecule has 6 N–H and O–H groups in total. The number of nitrogens with one attached hydrogen (secondary N) is 4. The standard InChI is InChI=1S/C54H60N4O7/c1-5-9-13-19-37(59)35-54(36-65-46(60)24-14-10-6-2)57-43-23-18-21-39-41(26-28-45(58-54)48(39)43)50-51(61)49(52(50)62)40-25-27-44-47-38(40)20-17-22-42(47)55-53(56-44,29-33-63-31-15-11-7-3)30-34-64-32-16-12-8-4/h17-18,20-23,25-28,49-52,55-58,61-62H,6-8,10-12,14-16,24,31-32,35-36H2,1-4H3. The number of Topliss-reactive ketones (excluding diaryl/α,β-unsaturated/α-hetero) is 1. The molecule has 1 saturated carbocycles. The third kappa shape index (κ3) is 10.4. The molecular formula is C54H60N4O7. The van der Waals surface area contributed by atoms with Crippen LogP contribution in [0.1, 0.15) is 121 Å². The van der Waals surface area contributed by atoms with Gasteiger partial charge in [0.2, 0.25) is 11.4 Å². The minimum Gasteiger partial charge on any atom is -0.461 e. The first-order valence-corrected chi connectivity index (χ1v) is 23.2. The van der Waals surface area contributed by atoms with Crippen molar-refractivity contribution in [3.05, 3.63) is 71.8 Å². The molecular weight excluding hydrogens is 817 g/mol. The number of benzene rings is 4. The van der Waals surface area contributed by atoms with E-state index in [2.05, 4.69) is 89.8 Å². The van der Waals surface area contributed by atoms with Crippen LogP contribution in [0.2, 0.25) is 0 Å². The summed E-state index contributed by atoms with van der Waals surface area (Å²) < 4.78 is 17.2. The normalized spacial score (nSPS) is 20.4. The van der Waals surface area contributed by atoms with Gasteiger partial charge in [-0.2, -0.15) is 0 Å². The highest BCUT2D eigenvalue weighted by Crippen LogP contribution is 2.54. The van der Waals surface area contributed by atoms with E-state index in [1.165, 1.54) is 0 Å². The van der Waals surface area contributed by atoms with E-state index in [1.54, 1.807) is 6.92 Å². The lowest BCUT2D eigenvalue weighted by molar-refractivity contribution is -0.145. The van der Waals surface area contributed by atoms with Crippen molar-refractivity contribution in [1.29, 1.82) is 0 Å². The van der Waals surface area contributed by atoms with Crippen LogP contribution in [-0.4, -0.2) is 65.3 Å². The number of carbonyl (C=O) groups is 2. The molecule has 338 valence electrons. The number of esters is 1. The zero-order valence-corrected chi connectivity index (χ0v) is 37.9. The van der Waals surface area contributed by atoms with Crippen LogP contribution in [0.5, 0.6) is 0 Å². The molecule has 0 spiro atoms. The molecule has 0 amide bonds. The summed E-state index contributed by atoms with van der Waals surface area (Å²) in [5.41, 5.74) is 2.28. The van der Waals surface area contributed by atoms with E-state index in [9.17, 15) is 19.8 Å². The Morgan fingerprint density at radius 1 is 0.646 bits per heavy atom. The van der Waals surface area contributed by atoms with Crippen molar-refractivity contribution in [2.45, 2.75) is 134 Å². The summed E-state index contributed by atoms with van der Waals surface area (Å²) in [6, 6.07) is 19.4. The fourth-order valence-electron chi connectivity index (χ4n) is 9.10. The zero-order chi connectivity index (χ0) is 45.8. The van der Waals surface area contributed by atoms with Crippen molar-refractivity contribution in [2.24, 2.45) is 0 Å². The number of unbranched alkanes of at least 4 members (excludes halogenated alkanes) is 6. The molecule has 65 heavy (non-hydrogen) atoms. The first kappa shape index (κ1) is 46.5. The number of rotatable bonds is 18. The monoisotopic (exact) mass is 876 g/mol. The maximum Gasteiger partial charge on any atom is 0.305 e. The van der Waals surface area contributed by atoms with Gasteiger partial charge in [0, 0.05) is 63.6 Å². The molecule has 7 rings (SSSR count). The van der Waals surface area contributed by atoms with Gasteiger partial charge in [-0.25, -0.2) is 0 Å². The zero-order valence-electron chi connectivity index (χ0n) is 37.9. The second-order valence-electron chi connectivity index (χ2n) is 17.1. The predicted octanol–water partition coefficient (Wildman–Crippen LogP) is 9.11. The van der Waals surface area contributed by atoms with Crippen LogP contribution >= 0.6 is 0 Å². The largest absolute Gasteiger partial charge is 0.461 e. The Morgan fingerprint density at radius 3 is 1.69 bits per heavy atom. The number of aliphatic hydroxyl groups excluding tert-OH is 2.